The molecule has 9 nitrogen and oxygen atoms in total. The number of anilines is 2. The van der Waals surface area contributed by atoms with E-state index in [2.05, 4.69) is 15.8 Å². The second-order valence-electron chi connectivity index (χ2n) is 8.52. The standard InChI is InChI=1S/C29H26ClN3O6/c1-4-25(34)38-24-12-8-7-11-23(24)31-28(35)20-15-13-19(14-16-20)27-26(17(2)33-39-27)32-29(36)37-18(3)21-9-5-6-10-22(21)30/h5-16,18H,4H2,1-3H3,(H,31,35)(H,32,36). The number of aryl methyl sites for hydroxylation is 1. The number of benzene rings is 3. The van der Waals surface area contributed by atoms with Crippen LogP contribution < -0.4 is 15.4 Å². The monoisotopic (exact) mass is 547 g/mol. The van der Waals surface area contributed by atoms with E-state index < -0.39 is 24.1 Å². The van der Waals surface area contributed by atoms with Gasteiger partial charge in [-0.1, -0.05) is 66.1 Å². The van der Waals surface area contributed by atoms with Gasteiger partial charge in [0.05, 0.1) is 5.69 Å². The molecule has 1 atom stereocenters. The van der Waals surface area contributed by atoms with Crippen molar-refractivity contribution in [3.05, 3.63) is 94.6 Å². The number of carbonyl (C=O) groups is 3. The summed E-state index contributed by atoms with van der Waals surface area (Å²) in [6.07, 6.45) is -1.08. The summed E-state index contributed by atoms with van der Waals surface area (Å²) in [5.74, 6) is -0.239. The lowest BCUT2D eigenvalue weighted by Gasteiger charge is -2.15. The molecule has 1 aromatic heterocycles. The number of nitrogens with zero attached hydrogens (tertiary/aromatic N) is 1. The lowest BCUT2D eigenvalue weighted by Crippen LogP contribution is -2.17. The lowest BCUT2D eigenvalue weighted by molar-refractivity contribution is -0.133. The Morgan fingerprint density at radius 1 is 0.974 bits per heavy atom. The first kappa shape index (κ1) is 27.4. The Balaban J connectivity index is 1.46. The molecule has 0 aliphatic heterocycles. The van der Waals surface area contributed by atoms with Crippen LogP contribution in [-0.2, 0) is 9.53 Å². The van der Waals surface area contributed by atoms with Gasteiger partial charge in [-0.05, 0) is 44.2 Å². The summed E-state index contributed by atoms with van der Waals surface area (Å²) < 4.78 is 16.2. The molecule has 2 amide bonds. The molecule has 200 valence electrons. The molecular formula is C29H26ClN3O6. The highest BCUT2D eigenvalue weighted by molar-refractivity contribution is 6.31. The molecule has 10 heteroatoms. The lowest BCUT2D eigenvalue weighted by atomic mass is 10.1. The van der Waals surface area contributed by atoms with Crippen LogP contribution in [0.3, 0.4) is 0 Å². The third-order valence-corrected chi connectivity index (χ3v) is 6.12. The third-order valence-electron chi connectivity index (χ3n) is 5.77. The quantitative estimate of drug-likeness (QED) is 0.177. The van der Waals surface area contributed by atoms with E-state index in [0.29, 0.717) is 44.5 Å². The predicted octanol–water partition coefficient (Wildman–Crippen LogP) is 7.18. The van der Waals surface area contributed by atoms with Crippen LogP contribution in [0.5, 0.6) is 5.75 Å². The van der Waals surface area contributed by atoms with Gasteiger partial charge < -0.3 is 19.3 Å². The molecule has 4 aromatic rings. The molecular weight excluding hydrogens is 522 g/mol. The fourth-order valence-electron chi connectivity index (χ4n) is 3.70. The highest BCUT2D eigenvalue weighted by Crippen LogP contribution is 2.32. The molecule has 0 saturated heterocycles. The van der Waals surface area contributed by atoms with Crippen molar-refractivity contribution in [2.24, 2.45) is 0 Å². The van der Waals surface area contributed by atoms with Crippen LogP contribution in [0.25, 0.3) is 11.3 Å². The number of ether oxygens (including phenoxy) is 2. The van der Waals surface area contributed by atoms with Crippen molar-refractivity contribution < 1.29 is 28.4 Å². The number of nitrogens with one attached hydrogen (secondary N) is 2. The summed E-state index contributed by atoms with van der Waals surface area (Å²) in [6, 6.07) is 20.3. The maximum Gasteiger partial charge on any atom is 0.412 e. The average molecular weight is 548 g/mol. The Morgan fingerprint density at radius 3 is 2.38 bits per heavy atom. The van der Waals surface area contributed by atoms with Crippen LogP contribution in [0, 0.1) is 6.92 Å². The Labute approximate surface area is 230 Å². The Kier molecular flexibility index (Phi) is 8.63. The fourth-order valence-corrected chi connectivity index (χ4v) is 3.98. The number of amides is 2. The zero-order chi connectivity index (χ0) is 27.9. The van der Waals surface area contributed by atoms with Crippen molar-refractivity contribution in [3.63, 3.8) is 0 Å². The van der Waals surface area contributed by atoms with E-state index in [9.17, 15) is 14.4 Å². The van der Waals surface area contributed by atoms with Gasteiger partial charge in [-0.3, -0.25) is 14.9 Å². The molecule has 0 spiro atoms. The van der Waals surface area contributed by atoms with Gasteiger partial charge in [0.1, 0.15) is 17.5 Å². The minimum absolute atomic E-state index is 0.208. The van der Waals surface area contributed by atoms with Gasteiger partial charge >= 0.3 is 12.1 Å². The smallest absolute Gasteiger partial charge is 0.412 e. The first-order chi connectivity index (χ1) is 18.8. The minimum Gasteiger partial charge on any atom is -0.441 e. The van der Waals surface area contributed by atoms with Gasteiger partial charge in [-0.25, -0.2) is 4.79 Å². The maximum absolute atomic E-state index is 12.9. The van der Waals surface area contributed by atoms with E-state index in [1.165, 1.54) is 0 Å². The Morgan fingerprint density at radius 2 is 1.67 bits per heavy atom. The summed E-state index contributed by atoms with van der Waals surface area (Å²) in [5, 5.41) is 9.91. The van der Waals surface area contributed by atoms with Crippen molar-refractivity contribution >= 4 is 40.9 Å². The molecule has 0 aliphatic rings. The zero-order valence-electron chi connectivity index (χ0n) is 21.5. The molecule has 4 rings (SSSR count). The second-order valence-corrected chi connectivity index (χ2v) is 8.93. The summed E-state index contributed by atoms with van der Waals surface area (Å²) in [7, 11) is 0. The Hall–Kier alpha value is -4.63. The summed E-state index contributed by atoms with van der Waals surface area (Å²) in [5.41, 5.74) is 2.78. The van der Waals surface area contributed by atoms with Crippen molar-refractivity contribution in [3.8, 4) is 17.1 Å². The van der Waals surface area contributed by atoms with Crippen LogP contribution in [0.2, 0.25) is 5.02 Å². The second kappa shape index (κ2) is 12.3. The number of hydrogen-bond acceptors (Lipinski definition) is 7. The topological polar surface area (TPSA) is 120 Å². The highest BCUT2D eigenvalue weighted by Gasteiger charge is 2.21. The number of para-hydroxylation sites is 2. The predicted molar refractivity (Wildman–Crippen MR) is 147 cm³/mol. The SMILES string of the molecule is CCC(=O)Oc1ccccc1NC(=O)c1ccc(-c2onc(C)c2NC(=O)OC(C)c2ccccc2Cl)cc1. The van der Waals surface area contributed by atoms with E-state index in [1.807, 2.05) is 6.07 Å². The van der Waals surface area contributed by atoms with Crippen molar-refractivity contribution in [1.29, 1.82) is 0 Å². The Bertz CT molecular complexity index is 1500. The normalized spacial score (nSPS) is 11.4. The van der Waals surface area contributed by atoms with Gasteiger partial charge in [0.15, 0.2) is 11.5 Å². The van der Waals surface area contributed by atoms with Crippen LogP contribution >= 0.6 is 11.6 Å². The van der Waals surface area contributed by atoms with Gasteiger partial charge in [-0.15, -0.1) is 0 Å². The summed E-state index contributed by atoms with van der Waals surface area (Å²) in [4.78, 5) is 37.2. The minimum atomic E-state index is -0.701. The zero-order valence-corrected chi connectivity index (χ0v) is 22.2. The van der Waals surface area contributed by atoms with E-state index in [1.54, 1.807) is 87.5 Å². The number of aromatic nitrogens is 1. The summed E-state index contributed by atoms with van der Waals surface area (Å²) in [6.45, 7) is 5.09. The van der Waals surface area contributed by atoms with E-state index in [0.717, 1.165) is 0 Å². The number of carbonyl (C=O) groups excluding carboxylic acids is 3. The molecule has 0 bridgehead atoms. The van der Waals surface area contributed by atoms with Crippen molar-refractivity contribution in [2.75, 3.05) is 10.6 Å². The number of halogens is 1. The first-order valence-corrected chi connectivity index (χ1v) is 12.5. The van der Waals surface area contributed by atoms with Crippen LogP contribution in [0.15, 0.2) is 77.3 Å². The van der Waals surface area contributed by atoms with Gasteiger partial charge in [0, 0.05) is 28.1 Å². The van der Waals surface area contributed by atoms with Gasteiger partial charge in [-0.2, -0.15) is 0 Å². The van der Waals surface area contributed by atoms with Gasteiger partial charge in [0.2, 0.25) is 0 Å². The molecule has 0 fully saturated rings. The van der Waals surface area contributed by atoms with Crippen LogP contribution in [0.4, 0.5) is 16.2 Å². The molecule has 39 heavy (non-hydrogen) atoms. The number of esters is 1. The maximum atomic E-state index is 12.9. The average Bonchev–Trinajstić information content (AvgIpc) is 3.29. The molecule has 1 unspecified atom stereocenters. The van der Waals surface area contributed by atoms with Crippen molar-refractivity contribution in [1.82, 2.24) is 5.16 Å². The third kappa shape index (κ3) is 6.63. The van der Waals surface area contributed by atoms with E-state index in [4.69, 9.17) is 25.6 Å². The molecule has 0 saturated carbocycles. The number of rotatable bonds is 8. The highest BCUT2D eigenvalue weighted by atomic mass is 35.5. The first-order valence-electron chi connectivity index (χ1n) is 12.2. The number of hydrogen-bond donors (Lipinski definition) is 2. The van der Waals surface area contributed by atoms with Crippen LogP contribution in [0.1, 0.15) is 48.0 Å². The molecule has 0 aliphatic carbocycles. The molecule has 1 heterocycles. The van der Waals surface area contributed by atoms with Gasteiger partial charge in [0.25, 0.3) is 5.91 Å². The largest absolute Gasteiger partial charge is 0.441 e. The summed E-state index contributed by atoms with van der Waals surface area (Å²) >= 11 is 6.20. The molecule has 3 aromatic carbocycles. The molecule has 0 radical (unpaired) electrons. The van der Waals surface area contributed by atoms with Crippen LogP contribution in [-0.4, -0.2) is 23.1 Å². The van der Waals surface area contributed by atoms with Crippen molar-refractivity contribution in [2.45, 2.75) is 33.3 Å². The van der Waals surface area contributed by atoms with E-state index >= 15 is 0 Å². The van der Waals surface area contributed by atoms with E-state index in [-0.39, 0.29) is 12.2 Å². The fraction of sp³-hybridized carbons (Fsp3) is 0.172. The molecule has 2 N–H and O–H groups in total.